The maximum atomic E-state index is 12.7. The molecule has 0 spiro atoms. The quantitative estimate of drug-likeness (QED) is 0.848. The average molecular weight is 302 g/mol. The zero-order valence-corrected chi connectivity index (χ0v) is 13.6. The molecular formula is C15H30N2O2S. The molecule has 0 radical (unpaired) electrons. The van der Waals surface area contributed by atoms with E-state index in [0.717, 1.165) is 58.2 Å². The predicted molar refractivity (Wildman–Crippen MR) is 83.3 cm³/mol. The van der Waals surface area contributed by atoms with Gasteiger partial charge in [-0.2, -0.15) is 4.31 Å². The molecule has 2 saturated heterocycles. The van der Waals surface area contributed by atoms with Crippen LogP contribution in [-0.2, 0) is 10.0 Å². The molecule has 0 amide bonds. The molecule has 118 valence electrons. The monoisotopic (exact) mass is 302 g/mol. The molecular weight excluding hydrogens is 272 g/mol. The Labute approximate surface area is 124 Å². The van der Waals surface area contributed by atoms with Gasteiger partial charge in [0.25, 0.3) is 0 Å². The van der Waals surface area contributed by atoms with Crippen LogP contribution in [0.3, 0.4) is 0 Å². The number of sulfonamides is 1. The first-order valence-electron chi connectivity index (χ1n) is 8.35. The van der Waals surface area contributed by atoms with Gasteiger partial charge in [0.2, 0.25) is 10.0 Å². The Hall–Kier alpha value is -0.130. The van der Waals surface area contributed by atoms with Gasteiger partial charge in [-0.15, -0.1) is 0 Å². The summed E-state index contributed by atoms with van der Waals surface area (Å²) in [5.41, 5.74) is 0. The summed E-state index contributed by atoms with van der Waals surface area (Å²) in [4.78, 5) is 0. The van der Waals surface area contributed by atoms with Gasteiger partial charge in [0.15, 0.2) is 0 Å². The molecule has 0 bridgehead atoms. The molecule has 0 aromatic heterocycles. The van der Waals surface area contributed by atoms with Crippen LogP contribution in [0.2, 0.25) is 0 Å². The smallest absolute Gasteiger partial charge is 0.214 e. The summed E-state index contributed by atoms with van der Waals surface area (Å²) in [7, 11) is -3.05. The van der Waals surface area contributed by atoms with Crippen LogP contribution >= 0.6 is 0 Å². The summed E-state index contributed by atoms with van der Waals surface area (Å²) >= 11 is 0. The first-order valence-corrected chi connectivity index (χ1v) is 9.96. The van der Waals surface area contributed by atoms with Crippen LogP contribution in [0.4, 0.5) is 0 Å². The molecule has 20 heavy (non-hydrogen) atoms. The van der Waals surface area contributed by atoms with Gasteiger partial charge in [-0.25, -0.2) is 8.42 Å². The molecule has 2 aliphatic rings. The molecule has 1 atom stereocenters. The molecule has 0 aromatic carbocycles. The number of hydrogen-bond acceptors (Lipinski definition) is 3. The van der Waals surface area contributed by atoms with E-state index in [0.29, 0.717) is 11.7 Å². The van der Waals surface area contributed by atoms with E-state index >= 15 is 0 Å². The van der Waals surface area contributed by atoms with Crippen molar-refractivity contribution in [3.05, 3.63) is 0 Å². The van der Waals surface area contributed by atoms with E-state index < -0.39 is 10.0 Å². The zero-order chi connectivity index (χ0) is 14.4. The van der Waals surface area contributed by atoms with Gasteiger partial charge in [-0.05, 0) is 51.1 Å². The van der Waals surface area contributed by atoms with Gasteiger partial charge in [0.1, 0.15) is 0 Å². The van der Waals surface area contributed by atoms with Gasteiger partial charge in [-0.3, -0.25) is 0 Å². The van der Waals surface area contributed by atoms with Gasteiger partial charge < -0.3 is 5.32 Å². The maximum absolute atomic E-state index is 12.7. The molecule has 1 N–H and O–H groups in total. The number of nitrogens with one attached hydrogen (secondary N) is 1. The van der Waals surface area contributed by atoms with E-state index in [1.807, 2.05) is 4.31 Å². The number of rotatable bonds is 5. The van der Waals surface area contributed by atoms with E-state index in [1.54, 1.807) is 0 Å². The molecule has 0 aliphatic carbocycles. The average Bonchev–Trinajstić information content (AvgIpc) is 2.72. The second-order valence-corrected chi connectivity index (χ2v) is 8.33. The molecule has 2 aliphatic heterocycles. The van der Waals surface area contributed by atoms with Crippen molar-refractivity contribution in [3.8, 4) is 0 Å². The molecule has 0 saturated carbocycles. The van der Waals surface area contributed by atoms with Gasteiger partial charge in [0, 0.05) is 12.6 Å². The molecule has 1 unspecified atom stereocenters. The molecule has 2 fully saturated rings. The van der Waals surface area contributed by atoms with Crippen LogP contribution in [0.1, 0.15) is 58.3 Å². The van der Waals surface area contributed by atoms with Crippen LogP contribution < -0.4 is 5.32 Å². The molecule has 2 heterocycles. The van der Waals surface area contributed by atoms with E-state index in [9.17, 15) is 8.42 Å². The number of unbranched alkanes of at least 4 members (excludes halogenated alkanes) is 1. The van der Waals surface area contributed by atoms with Gasteiger partial charge in [-0.1, -0.05) is 26.2 Å². The second kappa shape index (κ2) is 7.76. The summed E-state index contributed by atoms with van der Waals surface area (Å²) in [6, 6.07) is 0.265. The van der Waals surface area contributed by atoms with Crippen LogP contribution in [0.5, 0.6) is 0 Å². The lowest BCUT2D eigenvalue weighted by Gasteiger charge is -2.37. The van der Waals surface area contributed by atoms with Crippen LogP contribution in [0, 0.1) is 5.92 Å². The minimum atomic E-state index is -3.05. The fraction of sp³-hybridized carbons (Fsp3) is 1.00. The van der Waals surface area contributed by atoms with Crippen molar-refractivity contribution in [2.24, 2.45) is 5.92 Å². The topological polar surface area (TPSA) is 49.4 Å². The Morgan fingerprint density at radius 1 is 1.10 bits per heavy atom. The maximum Gasteiger partial charge on any atom is 0.214 e. The fourth-order valence-corrected chi connectivity index (χ4v) is 5.58. The Bertz CT molecular complexity index is 377. The van der Waals surface area contributed by atoms with Crippen molar-refractivity contribution >= 4 is 10.0 Å². The highest BCUT2D eigenvalue weighted by Crippen LogP contribution is 2.30. The van der Waals surface area contributed by atoms with Crippen molar-refractivity contribution in [1.82, 2.24) is 9.62 Å². The van der Waals surface area contributed by atoms with Crippen LogP contribution in [0.15, 0.2) is 0 Å². The molecule has 5 heteroatoms. The molecule has 0 aromatic rings. The number of hydrogen-bond donors (Lipinski definition) is 1. The Balaban J connectivity index is 2.11. The van der Waals surface area contributed by atoms with Crippen LogP contribution in [-0.4, -0.2) is 44.2 Å². The standard InChI is InChI=1S/C15H30N2O2S/c1-2-3-13-20(18,19)17-12-6-4-5-7-15(17)14-8-10-16-11-9-14/h14-16H,2-13H2,1H3. The zero-order valence-electron chi connectivity index (χ0n) is 12.8. The predicted octanol–water partition coefficient (Wildman–Crippen LogP) is 2.36. The fourth-order valence-electron chi connectivity index (χ4n) is 3.60. The summed E-state index contributed by atoms with van der Waals surface area (Å²) < 4.78 is 27.2. The first kappa shape index (κ1) is 16.2. The van der Waals surface area contributed by atoms with E-state index in [2.05, 4.69) is 12.2 Å². The number of piperidine rings is 1. The second-order valence-electron chi connectivity index (χ2n) is 6.28. The lowest BCUT2D eigenvalue weighted by atomic mass is 9.88. The minimum absolute atomic E-state index is 0.265. The van der Waals surface area contributed by atoms with E-state index in [4.69, 9.17) is 0 Å². The Kier molecular flexibility index (Phi) is 6.30. The van der Waals surface area contributed by atoms with Crippen molar-refractivity contribution in [1.29, 1.82) is 0 Å². The van der Waals surface area contributed by atoms with E-state index in [1.165, 1.54) is 12.8 Å². The largest absolute Gasteiger partial charge is 0.317 e. The highest BCUT2D eigenvalue weighted by atomic mass is 32.2. The third-order valence-electron chi connectivity index (χ3n) is 4.79. The first-order chi connectivity index (χ1) is 9.65. The minimum Gasteiger partial charge on any atom is -0.317 e. The van der Waals surface area contributed by atoms with Crippen LogP contribution in [0.25, 0.3) is 0 Å². The van der Waals surface area contributed by atoms with Crippen molar-refractivity contribution in [2.75, 3.05) is 25.4 Å². The third-order valence-corrected chi connectivity index (χ3v) is 6.76. The Morgan fingerprint density at radius 3 is 2.55 bits per heavy atom. The van der Waals surface area contributed by atoms with Crippen molar-refractivity contribution < 1.29 is 8.42 Å². The van der Waals surface area contributed by atoms with Crippen molar-refractivity contribution in [2.45, 2.75) is 64.3 Å². The van der Waals surface area contributed by atoms with Crippen molar-refractivity contribution in [3.63, 3.8) is 0 Å². The van der Waals surface area contributed by atoms with Gasteiger partial charge >= 0.3 is 0 Å². The molecule has 2 rings (SSSR count). The summed E-state index contributed by atoms with van der Waals surface area (Å²) in [5, 5.41) is 3.39. The van der Waals surface area contributed by atoms with E-state index in [-0.39, 0.29) is 6.04 Å². The highest BCUT2D eigenvalue weighted by molar-refractivity contribution is 7.89. The SMILES string of the molecule is CCCCS(=O)(=O)N1CCCCCC1C1CCNCC1. The lowest BCUT2D eigenvalue weighted by molar-refractivity contribution is 0.198. The highest BCUT2D eigenvalue weighted by Gasteiger charge is 2.35. The summed E-state index contributed by atoms with van der Waals surface area (Å²) in [5.74, 6) is 0.899. The summed E-state index contributed by atoms with van der Waals surface area (Å²) in [6.07, 6.45) is 8.47. The molecule has 4 nitrogen and oxygen atoms in total. The van der Waals surface area contributed by atoms with Gasteiger partial charge in [0.05, 0.1) is 5.75 Å². The third kappa shape index (κ3) is 4.18. The Morgan fingerprint density at radius 2 is 1.85 bits per heavy atom. The lowest BCUT2D eigenvalue weighted by Crippen LogP contribution is -2.47. The number of nitrogens with zero attached hydrogens (tertiary/aromatic N) is 1. The summed E-state index contributed by atoms with van der Waals surface area (Å²) in [6.45, 7) is 4.90. The normalized spacial score (nSPS) is 27.4.